The zero-order valence-corrected chi connectivity index (χ0v) is 14.2. The molecule has 0 bridgehead atoms. The fourth-order valence-corrected chi connectivity index (χ4v) is 2.41. The molecule has 0 unspecified atom stereocenters. The third-order valence-corrected chi connectivity index (χ3v) is 3.84. The molecule has 0 aliphatic heterocycles. The van der Waals surface area contributed by atoms with E-state index in [0.29, 0.717) is 18.4 Å². The number of carboxylic acid groups (broad SMARTS) is 1. The van der Waals surface area contributed by atoms with Crippen LogP contribution in [0.4, 0.5) is 13.2 Å². The standard InChI is InChI=1S/C16H15F3O4.C2H6/c1-10(9-13(20)21)14(22)23-15(7-2-8-15)11-3-5-12(6-4-11)16(17,18)19;1-2/h3-6H,1-2,7-9H2,(H,20,21);1-2H3. The number of halogens is 3. The van der Waals surface area contributed by atoms with Crippen molar-refractivity contribution in [2.45, 2.75) is 51.3 Å². The van der Waals surface area contributed by atoms with Gasteiger partial charge in [0.05, 0.1) is 12.0 Å². The predicted molar refractivity (Wildman–Crippen MR) is 85.8 cm³/mol. The lowest BCUT2D eigenvalue weighted by Crippen LogP contribution is -2.39. The van der Waals surface area contributed by atoms with E-state index in [4.69, 9.17) is 9.84 Å². The Hall–Kier alpha value is -2.31. The van der Waals surface area contributed by atoms with Crippen molar-refractivity contribution in [3.05, 3.63) is 47.5 Å². The molecule has 1 aromatic rings. The van der Waals surface area contributed by atoms with Crippen molar-refractivity contribution < 1.29 is 32.6 Å². The molecule has 1 N–H and O–H groups in total. The molecule has 0 amide bonds. The van der Waals surface area contributed by atoms with E-state index in [9.17, 15) is 22.8 Å². The van der Waals surface area contributed by atoms with E-state index in [0.717, 1.165) is 18.6 Å². The second-order valence-electron chi connectivity index (χ2n) is 5.49. The number of hydrogen-bond acceptors (Lipinski definition) is 3. The van der Waals surface area contributed by atoms with E-state index in [-0.39, 0.29) is 5.57 Å². The van der Waals surface area contributed by atoms with Crippen molar-refractivity contribution in [3.63, 3.8) is 0 Å². The highest BCUT2D eigenvalue weighted by Gasteiger charge is 2.43. The maximum atomic E-state index is 12.6. The van der Waals surface area contributed by atoms with Gasteiger partial charge < -0.3 is 9.84 Å². The molecule has 1 fully saturated rings. The summed E-state index contributed by atoms with van der Waals surface area (Å²) < 4.78 is 43.2. The largest absolute Gasteiger partial charge is 0.481 e. The van der Waals surface area contributed by atoms with Crippen molar-refractivity contribution >= 4 is 11.9 Å². The molecular formula is C18H21F3O4. The molecule has 7 heteroatoms. The number of carboxylic acids is 1. The summed E-state index contributed by atoms with van der Waals surface area (Å²) >= 11 is 0. The van der Waals surface area contributed by atoms with Crippen LogP contribution >= 0.6 is 0 Å². The van der Waals surface area contributed by atoms with Gasteiger partial charge in [-0.2, -0.15) is 13.2 Å². The first-order chi connectivity index (χ1) is 11.6. The molecular weight excluding hydrogens is 337 g/mol. The Morgan fingerprint density at radius 2 is 1.72 bits per heavy atom. The molecule has 1 aromatic carbocycles. The molecule has 0 heterocycles. The Morgan fingerprint density at radius 3 is 2.08 bits per heavy atom. The number of carbonyl (C=O) groups excluding carboxylic acids is 1. The molecule has 0 radical (unpaired) electrons. The van der Waals surface area contributed by atoms with Crippen LogP contribution < -0.4 is 0 Å². The van der Waals surface area contributed by atoms with Crippen LogP contribution in [0.5, 0.6) is 0 Å². The van der Waals surface area contributed by atoms with Gasteiger partial charge >= 0.3 is 18.1 Å². The van der Waals surface area contributed by atoms with E-state index in [1.165, 1.54) is 12.1 Å². The van der Waals surface area contributed by atoms with Gasteiger partial charge in [-0.15, -0.1) is 0 Å². The van der Waals surface area contributed by atoms with Crippen molar-refractivity contribution in [2.75, 3.05) is 0 Å². The lowest BCUT2D eigenvalue weighted by Gasteiger charge is -2.41. The SMILES string of the molecule is C=C(CC(=O)O)C(=O)OC1(c2ccc(C(F)(F)F)cc2)CCC1.CC. The number of hydrogen-bond donors (Lipinski definition) is 1. The Kier molecular flexibility index (Phi) is 6.78. The molecule has 0 saturated heterocycles. The summed E-state index contributed by atoms with van der Waals surface area (Å²) in [4.78, 5) is 22.5. The summed E-state index contributed by atoms with van der Waals surface area (Å²) in [5, 5.41) is 8.65. The Balaban J connectivity index is 0.00000151. The van der Waals surface area contributed by atoms with Crippen molar-refractivity contribution in [3.8, 4) is 0 Å². The lowest BCUT2D eigenvalue weighted by molar-refractivity contribution is -0.167. The van der Waals surface area contributed by atoms with Crippen LogP contribution in [0, 0.1) is 0 Å². The monoisotopic (exact) mass is 358 g/mol. The second kappa shape index (κ2) is 8.18. The van der Waals surface area contributed by atoms with E-state index in [1.54, 1.807) is 0 Å². The van der Waals surface area contributed by atoms with Gasteiger partial charge in [-0.3, -0.25) is 4.79 Å². The van der Waals surface area contributed by atoms with Gasteiger partial charge in [0.2, 0.25) is 0 Å². The van der Waals surface area contributed by atoms with Gasteiger partial charge in [0.15, 0.2) is 0 Å². The molecule has 0 atom stereocenters. The minimum Gasteiger partial charge on any atom is -0.481 e. The van der Waals surface area contributed by atoms with Crippen LogP contribution in [0.3, 0.4) is 0 Å². The van der Waals surface area contributed by atoms with E-state index >= 15 is 0 Å². The van der Waals surface area contributed by atoms with Crippen LogP contribution in [-0.2, 0) is 26.1 Å². The van der Waals surface area contributed by atoms with Gasteiger partial charge in [-0.05, 0) is 37.0 Å². The Morgan fingerprint density at radius 1 is 1.20 bits per heavy atom. The quantitative estimate of drug-likeness (QED) is 0.613. The zero-order chi connectivity index (χ0) is 19.3. The summed E-state index contributed by atoms with van der Waals surface area (Å²) in [6, 6.07) is 4.45. The number of benzene rings is 1. The van der Waals surface area contributed by atoms with Crippen LogP contribution in [0.15, 0.2) is 36.4 Å². The average Bonchev–Trinajstić information content (AvgIpc) is 2.51. The van der Waals surface area contributed by atoms with Crippen molar-refractivity contribution in [2.24, 2.45) is 0 Å². The summed E-state index contributed by atoms with van der Waals surface area (Å²) in [5.74, 6) is -2.05. The van der Waals surface area contributed by atoms with Gasteiger partial charge in [0.25, 0.3) is 0 Å². The smallest absolute Gasteiger partial charge is 0.416 e. The molecule has 1 aliphatic rings. The van der Waals surface area contributed by atoms with Crippen LogP contribution in [0.25, 0.3) is 0 Å². The molecule has 1 saturated carbocycles. The van der Waals surface area contributed by atoms with Gasteiger partial charge in [0.1, 0.15) is 5.60 Å². The van der Waals surface area contributed by atoms with Crippen LogP contribution in [0.1, 0.15) is 50.7 Å². The van der Waals surface area contributed by atoms with Crippen LogP contribution in [-0.4, -0.2) is 17.0 Å². The number of ether oxygens (including phenoxy) is 1. The van der Waals surface area contributed by atoms with E-state index < -0.39 is 35.7 Å². The van der Waals surface area contributed by atoms with Gasteiger partial charge in [-0.25, -0.2) is 4.79 Å². The molecule has 1 aliphatic carbocycles. The summed E-state index contributed by atoms with van der Waals surface area (Å²) in [7, 11) is 0. The summed E-state index contributed by atoms with van der Waals surface area (Å²) in [6.07, 6.45) is -3.26. The third kappa shape index (κ3) is 5.08. The molecule has 138 valence electrons. The van der Waals surface area contributed by atoms with E-state index in [1.807, 2.05) is 13.8 Å². The zero-order valence-electron chi connectivity index (χ0n) is 14.2. The van der Waals surface area contributed by atoms with Crippen molar-refractivity contribution in [1.29, 1.82) is 0 Å². The Labute approximate surface area is 144 Å². The first-order valence-electron chi connectivity index (χ1n) is 7.95. The average molecular weight is 358 g/mol. The minimum absolute atomic E-state index is 0.198. The number of carbonyl (C=O) groups is 2. The highest BCUT2D eigenvalue weighted by Crippen LogP contribution is 2.45. The number of aliphatic carboxylic acids is 1. The highest BCUT2D eigenvalue weighted by molar-refractivity contribution is 5.93. The summed E-state index contributed by atoms with van der Waals surface area (Å²) in [5.41, 5.74) is -1.51. The number of rotatable bonds is 5. The molecule has 25 heavy (non-hydrogen) atoms. The Bertz CT molecular complexity index is 629. The second-order valence-corrected chi connectivity index (χ2v) is 5.49. The lowest BCUT2D eigenvalue weighted by atomic mass is 9.74. The van der Waals surface area contributed by atoms with Gasteiger partial charge in [0, 0.05) is 5.57 Å². The molecule has 2 rings (SSSR count). The minimum atomic E-state index is -4.43. The van der Waals surface area contributed by atoms with E-state index in [2.05, 4.69) is 6.58 Å². The predicted octanol–water partition coefficient (Wildman–Crippen LogP) is 4.68. The topological polar surface area (TPSA) is 63.6 Å². The maximum absolute atomic E-state index is 12.6. The number of alkyl halides is 3. The first-order valence-corrected chi connectivity index (χ1v) is 7.95. The van der Waals surface area contributed by atoms with Crippen LogP contribution in [0.2, 0.25) is 0 Å². The molecule has 0 aromatic heterocycles. The first kappa shape index (κ1) is 20.7. The highest BCUT2D eigenvalue weighted by atomic mass is 19.4. The third-order valence-electron chi connectivity index (χ3n) is 3.84. The fourth-order valence-electron chi connectivity index (χ4n) is 2.41. The maximum Gasteiger partial charge on any atom is 0.416 e. The van der Waals surface area contributed by atoms with Gasteiger partial charge in [-0.1, -0.05) is 32.6 Å². The molecule has 4 nitrogen and oxygen atoms in total. The summed E-state index contributed by atoms with van der Waals surface area (Å²) in [6.45, 7) is 7.37. The number of esters is 1. The fraction of sp³-hybridized carbons (Fsp3) is 0.444. The normalized spacial score (nSPS) is 15.2. The molecule has 0 spiro atoms. The van der Waals surface area contributed by atoms with Crippen molar-refractivity contribution in [1.82, 2.24) is 0 Å².